The molecule has 0 saturated carbocycles. The first kappa shape index (κ1) is 15.0. The van der Waals surface area contributed by atoms with Gasteiger partial charge in [0.15, 0.2) is 0 Å². The number of hydrogen-bond acceptors (Lipinski definition) is 3. The molecule has 2 aromatic rings. The van der Waals surface area contributed by atoms with Gasteiger partial charge in [0, 0.05) is 24.5 Å². The zero-order chi connectivity index (χ0) is 14.7. The van der Waals surface area contributed by atoms with E-state index in [2.05, 4.69) is 23.4 Å². The minimum Gasteiger partial charge on any atom is -0.399 e. The van der Waals surface area contributed by atoms with Crippen LogP contribution in [-0.2, 0) is 6.54 Å². The van der Waals surface area contributed by atoms with Crippen LogP contribution in [-0.4, -0.2) is 16.3 Å². The minimum atomic E-state index is 0.543. The zero-order valence-electron chi connectivity index (χ0n) is 11.6. The van der Waals surface area contributed by atoms with E-state index in [0.717, 1.165) is 30.9 Å². The van der Waals surface area contributed by atoms with E-state index >= 15 is 0 Å². The molecule has 0 aliphatic rings. The first-order chi connectivity index (χ1) is 9.47. The highest BCUT2D eigenvalue weighted by atomic mass is 35.5. The lowest BCUT2D eigenvalue weighted by Gasteiger charge is -2.11. The molecule has 0 saturated heterocycles. The molecule has 6 heteroatoms. The van der Waals surface area contributed by atoms with Gasteiger partial charge in [0.05, 0.1) is 21.4 Å². The second kappa shape index (κ2) is 6.37. The Balaban J connectivity index is 1.89. The van der Waals surface area contributed by atoms with E-state index in [9.17, 15) is 0 Å². The lowest BCUT2D eigenvalue weighted by atomic mass is 10.2. The van der Waals surface area contributed by atoms with Crippen molar-refractivity contribution in [3.05, 3.63) is 39.6 Å². The number of hydrogen-bond donors (Lipinski definition) is 2. The van der Waals surface area contributed by atoms with Crippen LogP contribution in [0.2, 0.25) is 10.0 Å². The molecule has 0 atom stereocenters. The average Bonchev–Trinajstić information content (AvgIpc) is 2.65. The first-order valence-electron chi connectivity index (χ1n) is 6.47. The van der Waals surface area contributed by atoms with Gasteiger partial charge in [0.2, 0.25) is 0 Å². The molecule has 1 aromatic carbocycles. The summed E-state index contributed by atoms with van der Waals surface area (Å²) in [5, 5.41) is 8.75. The highest BCUT2D eigenvalue weighted by Crippen LogP contribution is 2.32. The van der Waals surface area contributed by atoms with Crippen LogP contribution in [0.3, 0.4) is 0 Å². The second-order valence-electron chi connectivity index (χ2n) is 4.79. The van der Waals surface area contributed by atoms with Gasteiger partial charge in [-0.15, -0.1) is 0 Å². The summed E-state index contributed by atoms with van der Waals surface area (Å²) in [6.07, 6.45) is 0.930. The molecule has 1 heterocycles. The van der Waals surface area contributed by atoms with Crippen molar-refractivity contribution in [3.63, 3.8) is 0 Å². The molecule has 0 amide bonds. The number of anilines is 2. The van der Waals surface area contributed by atoms with Crippen molar-refractivity contribution in [3.8, 4) is 0 Å². The van der Waals surface area contributed by atoms with Crippen LogP contribution in [0.25, 0.3) is 0 Å². The number of halogens is 2. The predicted octanol–water partition coefficient (Wildman–Crippen LogP) is 3.89. The lowest BCUT2D eigenvalue weighted by molar-refractivity contribution is 0.574. The first-order valence-corrected chi connectivity index (χ1v) is 7.22. The molecule has 0 radical (unpaired) electrons. The molecule has 2 rings (SSSR count). The maximum atomic E-state index is 6.11. The maximum absolute atomic E-state index is 6.11. The standard InChI is InChI=1S/C14H18Cl2N4/c1-9-6-10(2)20(19-9)5-3-4-18-14-12(15)7-11(17)8-13(14)16/h6-8,18H,3-5,17H2,1-2H3. The zero-order valence-corrected chi connectivity index (χ0v) is 13.1. The molecule has 4 nitrogen and oxygen atoms in total. The molecule has 0 aliphatic carbocycles. The summed E-state index contributed by atoms with van der Waals surface area (Å²) in [6, 6.07) is 5.45. The third-order valence-electron chi connectivity index (χ3n) is 3.02. The van der Waals surface area contributed by atoms with Gasteiger partial charge in [0.1, 0.15) is 0 Å². The molecule has 0 spiro atoms. The number of nitrogens with zero attached hydrogens (tertiary/aromatic N) is 2. The smallest absolute Gasteiger partial charge is 0.0720 e. The Labute approximate surface area is 128 Å². The van der Waals surface area contributed by atoms with E-state index in [1.165, 1.54) is 5.69 Å². The average molecular weight is 313 g/mol. The van der Waals surface area contributed by atoms with Gasteiger partial charge in [-0.3, -0.25) is 4.68 Å². The van der Waals surface area contributed by atoms with Crippen LogP contribution in [0.4, 0.5) is 11.4 Å². The van der Waals surface area contributed by atoms with Crippen molar-refractivity contribution < 1.29 is 0 Å². The molecular weight excluding hydrogens is 295 g/mol. The summed E-state index contributed by atoms with van der Waals surface area (Å²) in [6.45, 7) is 5.68. The van der Waals surface area contributed by atoms with E-state index in [0.29, 0.717) is 15.7 Å². The Bertz CT molecular complexity index is 584. The van der Waals surface area contributed by atoms with Crippen LogP contribution in [0, 0.1) is 13.8 Å². The van der Waals surface area contributed by atoms with E-state index in [4.69, 9.17) is 28.9 Å². The van der Waals surface area contributed by atoms with Gasteiger partial charge in [-0.1, -0.05) is 23.2 Å². The minimum absolute atomic E-state index is 0.543. The summed E-state index contributed by atoms with van der Waals surface area (Å²) in [5.41, 5.74) is 9.18. The molecule has 108 valence electrons. The van der Waals surface area contributed by atoms with Crippen molar-refractivity contribution in [1.82, 2.24) is 9.78 Å². The normalized spacial score (nSPS) is 10.8. The Morgan fingerprint density at radius 1 is 1.20 bits per heavy atom. The molecular formula is C14H18Cl2N4. The number of aromatic nitrogens is 2. The van der Waals surface area contributed by atoms with E-state index in [1.807, 2.05) is 11.6 Å². The van der Waals surface area contributed by atoms with E-state index < -0.39 is 0 Å². The number of rotatable bonds is 5. The fraction of sp³-hybridized carbons (Fsp3) is 0.357. The van der Waals surface area contributed by atoms with Crippen molar-refractivity contribution in [1.29, 1.82) is 0 Å². The predicted molar refractivity (Wildman–Crippen MR) is 85.7 cm³/mol. The van der Waals surface area contributed by atoms with E-state index in [-0.39, 0.29) is 0 Å². The molecule has 0 aliphatic heterocycles. The summed E-state index contributed by atoms with van der Waals surface area (Å²) < 4.78 is 2.00. The van der Waals surface area contributed by atoms with Gasteiger partial charge >= 0.3 is 0 Å². The number of nitrogens with two attached hydrogens (primary N) is 1. The Morgan fingerprint density at radius 2 is 1.85 bits per heavy atom. The monoisotopic (exact) mass is 312 g/mol. The van der Waals surface area contributed by atoms with Crippen molar-refractivity contribution in [2.45, 2.75) is 26.8 Å². The summed E-state index contributed by atoms with van der Waals surface area (Å²) in [5.74, 6) is 0. The largest absolute Gasteiger partial charge is 0.399 e. The molecule has 0 bridgehead atoms. The number of nitrogens with one attached hydrogen (secondary N) is 1. The quantitative estimate of drug-likeness (QED) is 0.650. The lowest BCUT2D eigenvalue weighted by Crippen LogP contribution is -2.09. The van der Waals surface area contributed by atoms with E-state index in [1.54, 1.807) is 12.1 Å². The number of benzene rings is 1. The number of nitrogen functional groups attached to an aromatic ring is 1. The maximum Gasteiger partial charge on any atom is 0.0720 e. The summed E-state index contributed by atoms with van der Waals surface area (Å²) in [4.78, 5) is 0. The van der Waals surface area contributed by atoms with Gasteiger partial charge in [-0.25, -0.2) is 0 Å². The fourth-order valence-corrected chi connectivity index (χ4v) is 2.74. The Morgan fingerprint density at radius 3 is 2.40 bits per heavy atom. The van der Waals surface area contributed by atoms with Gasteiger partial charge < -0.3 is 11.1 Å². The molecule has 20 heavy (non-hydrogen) atoms. The molecule has 0 unspecified atom stereocenters. The summed E-state index contributed by atoms with van der Waals surface area (Å²) >= 11 is 12.2. The highest BCUT2D eigenvalue weighted by Gasteiger charge is 2.07. The van der Waals surface area contributed by atoms with Crippen molar-refractivity contribution >= 4 is 34.6 Å². The topological polar surface area (TPSA) is 55.9 Å². The number of aryl methyl sites for hydroxylation is 3. The van der Waals surface area contributed by atoms with Crippen molar-refractivity contribution in [2.24, 2.45) is 0 Å². The van der Waals surface area contributed by atoms with Gasteiger partial charge in [-0.2, -0.15) is 5.10 Å². The van der Waals surface area contributed by atoms with Crippen LogP contribution in [0.15, 0.2) is 18.2 Å². The highest BCUT2D eigenvalue weighted by molar-refractivity contribution is 6.39. The summed E-state index contributed by atoms with van der Waals surface area (Å²) in [7, 11) is 0. The van der Waals surface area contributed by atoms with Gasteiger partial charge in [0.25, 0.3) is 0 Å². The van der Waals surface area contributed by atoms with Crippen molar-refractivity contribution in [2.75, 3.05) is 17.6 Å². The van der Waals surface area contributed by atoms with Crippen LogP contribution >= 0.6 is 23.2 Å². The SMILES string of the molecule is Cc1cc(C)n(CCCNc2c(Cl)cc(N)cc2Cl)n1. The molecule has 3 N–H and O–H groups in total. The van der Waals surface area contributed by atoms with Crippen LogP contribution in [0.5, 0.6) is 0 Å². The Hall–Kier alpha value is -1.39. The third kappa shape index (κ3) is 3.58. The Kier molecular flexibility index (Phi) is 4.78. The third-order valence-corrected chi connectivity index (χ3v) is 3.61. The fourth-order valence-electron chi connectivity index (χ4n) is 2.11. The second-order valence-corrected chi connectivity index (χ2v) is 5.60. The van der Waals surface area contributed by atoms with Gasteiger partial charge in [-0.05, 0) is 38.5 Å². The molecule has 1 aromatic heterocycles. The van der Waals surface area contributed by atoms with Crippen LogP contribution < -0.4 is 11.1 Å². The molecule has 0 fully saturated rings. The van der Waals surface area contributed by atoms with Crippen LogP contribution in [0.1, 0.15) is 17.8 Å².